The van der Waals surface area contributed by atoms with E-state index in [1.54, 1.807) is 20.8 Å². The van der Waals surface area contributed by atoms with Gasteiger partial charge in [-0.3, -0.25) is 4.79 Å². The van der Waals surface area contributed by atoms with Crippen molar-refractivity contribution in [2.45, 2.75) is 45.4 Å². The summed E-state index contributed by atoms with van der Waals surface area (Å²) in [7, 11) is 0. The van der Waals surface area contributed by atoms with Gasteiger partial charge >= 0.3 is 6.09 Å². The number of hydrogen-bond acceptors (Lipinski definition) is 4. The molecule has 5 heteroatoms. The molecule has 0 radical (unpaired) electrons. The van der Waals surface area contributed by atoms with Crippen molar-refractivity contribution < 1.29 is 19.1 Å². The van der Waals surface area contributed by atoms with Crippen LogP contribution >= 0.6 is 0 Å². The van der Waals surface area contributed by atoms with Crippen LogP contribution < -0.4 is 0 Å². The van der Waals surface area contributed by atoms with E-state index < -0.39 is 23.6 Å². The summed E-state index contributed by atoms with van der Waals surface area (Å²) in [5.41, 5.74) is 1.29. The van der Waals surface area contributed by atoms with Gasteiger partial charge in [0.25, 0.3) is 5.91 Å². The lowest BCUT2D eigenvalue weighted by Crippen LogP contribution is -2.44. The highest BCUT2D eigenvalue weighted by Gasteiger charge is 2.41. The summed E-state index contributed by atoms with van der Waals surface area (Å²) in [5, 5.41) is 2.28. The standard InChI is InChI=1S/C27H27NO4/c1-27(2,3)32-26(30)28-23(16-19-9-5-4-6-10-19)24(17-25(28)29)31-18-20-13-14-21-11-7-8-12-22(21)15-20/h4-15,17,23H,16,18H2,1-3H3/t23-/m0/s1. The molecule has 4 rings (SSSR count). The summed E-state index contributed by atoms with van der Waals surface area (Å²) in [6.07, 6.45) is 1.19. The second kappa shape index (κ2) is 8.87. The highest BCUT2D eigenvalue weighted by atomic mass is 16.6. The number of carbonyl (C=O) groups is 2. The van der Waals surface area contributed by atoms with E-state index in [1.807, 2.05) is 48.5 Å². The molecule has 1 aliphatic heterocycles. The molecule has 0 saturated heterocycles. The first-order chi connectivity index (χ1) is 15.3. The zero-order valence-electron chi connectivity index (χ0n) is 18.6. The topological polar surface area (TPSA) is 55.8 Å². The third-order valence-corrected chi connectivity index (χ3v) is 5.22. The summed E-state index contributed by atoms with van der Waals surface area (Å²) in [4.78, 5) is 26.8. The van der Waals surface area contributed by atoms with E-state index in [4.69, 9.17) is 9.47 Å². The molecular weight excluding hydrogens is 402 g/mol. The maximum Gasteiger partial charge on any atom is 0.418 e. The molecule has 0 saturated carbocycles. The maximum absolute atomic E-state index is 12.8. The molecule has 0 N–H and O–H groups in total. The Bertz CT molecular complexity index is 1160. The van der Waals surface area contributed by atoms with Gasteiger partial charge in [-0.25, -0.2) is 9.69 Å². The van der Waals surface area contributed by atoms with Crippen molar-refractivity contribution in [2.75, 3.05) is 0 Å². The Morgan fingerprint density at radius 3 is 2.31 bits per heavy atom. The van der Waals surface area contributed by atoms with Gasteiger partial charge in [-0.05, 0) is 48.7 Å². The number of ether oxygens (including phenoxy) is 2. The molecule has 0 spiro atoms. The fraction of sp³-hybridized carbons (Fsp3) is 0.259. The van der Waals surface area contributed by atoms with Crippen molar-refractivity contribution in [3.63, 3.8) is 0 Å². The monoisotopic (exact) mass is 429 g/mol. The molecule has 0 aliphatic carbocycles. The number of nitrogens with zero attached hydrogens (tertiary/aromatic N) is 1. The molecule has 3 aromatic carbocycles. The highest BCUT2D eigenvalue weighted by Crippen LogP contribution is 2.28. The van der Waals surface area contributed by atoms with Crippen LogP contribution in [0, 0.1) is 0 Å². The minimum atomic E-state index is -0.705. The third kappa shape index (κ3) is 4.99. The number of rotatable bonds is 5. The fourth-order valence-electron chi connectivity index (χ4n) is 3.76. The first-order valence-corrected chi connectivity index (χ1v) is 10.7. The van der Waals surface area contributed by atoms with Gasteiger partial charge in [0.15, 0.2) is 0 Å². The predicted molar refractivity (Wildman–Crippen MR) is 124 cm³/mol. The molecule has 2 amide bonds. The van der Waals surface area contributed by atoms with Crippen LogP contribution in [-0.4, -0.2) is 28.5 Å². The number of carbonyl (C=O) groups excluding carboxylic acids is 2. The van der Waals surface area contributed by atoms with Gasteiger partial charge < -0.3 is 9.47 Å². The first kappa shape index (κ1) is 21.6. The average molecular weight is 430 g/mol. The molecular formula is C27H27NO4. The summed E-state index contributed by atoms with van der Waals surface area (Å²) in [6, 6.07) is 23.4. The van der Waals surface area contributed by atoms with E-state index in [9.17, 15) is 9.59 Å². The minimum absolute atomic E-state index is 0.303. The van der Waals surface area contributed by atoms with E-state index in [0.717, 1.165) is 26.8 Å². The quantitative estimate of drug-likeness (QED) is 0.528. The Morgan fingerprint density at radius 2 is 1.59 bits per heavy atom. The Balaban J connectivity index is 1.56. The van der Waals surface area contributed by atoms with Crippen molar-refractivity contribution >= 4 is 22.8 Å². The smallest absolute Gasteiger partial charge is 0.418 e. The zero-order valence-corrected chi connectivity index (χ0v) is 18.6. The van der Waals surface area contributed by atoms with Crippen LogP contribution in [0.15, 0.2) is 84.6 Å². The van der Waals surface area contributed by atoms with Crippen LogP contribution in [0.3, 0.4) is 0 Å². The van der Waals surface area contributed by atoms with E-state index in [2.05, 4.69) is 24.3 Å². The first-order valence-electron chi connectivity index (χ1n) is 10.7. The number of hydrogen-bond donors (Lipinski definition) is 0. The van der Waals surface area contributed by atoms with Crippen LogP contribution in [0.2, 0.25) is 0 Å². The van der Waals surface area contributed by atoms with Crippen LogP contribution in [-0.2, 0) is 27.3 Å². The number of imide groups is 1. The summed E-state index contributed by atoms with van der Waals surface area (Å²) < 4.78 is 11.6. The predicted octanol–water partition coefficient (Wildman–Crippen LogP) is 5.63. The van der Waals surface area contributed by atoms with Gasteiger partial charge in [0, 0.05) is 12.5 Å². The minimum Gasteiger partial charge on any atom is -0.491 e. The van der Waals surface area contributed by atoms with E-state index in [1.165, 1.54) is 6.08 Å². The van der Waals surface area contributed by atoms with E-state index in [-0.39, 0.29) is 0 Å². The van der Waals surface area contributed by atoms with Gasteiger partial charge in [-0.15, -0.1) is 0 Å². The maximum atomic E-state index is 12.8. The summed E-state index contributed by atoms with van der Waals surface area (Å²) >= 11 is 0. The van der Waals surface area contributed by atoms with Crippen LogP contribution in [0.4, 0.5) is 4.79 Å². The number of amides is 2. The molecule has 0 unspecified atom stereocenters. The van der Waals surface area contributed by atoms with Gasteiger partial charge in [0.05, 0.1) is 0 Å². The van der Waals surface area contributed by atoms with Crippen molar-refractivity contribution in [2.24, 2.45) is 0 Å². The Hall–Kier alpha value is -3.60. The van der Waals surface area contributed by atoms with Crippen molar-refractivity contribution in [1.29, 1.82) is 0 Å². The fourth-order valence-corrected chi connectivity index (χ4v) is 3.76. The third-order valence-electron chi connectivity index (χ3n) is 5.22. The Labute approximate surface area is 188 Å². The summed E-state index contributed by atoms with van der Waals surface area (Å²) in [5.74, 6) is 0.0477. The SMILES string of the molecule is CC(C)(C)OC(=O)N1C(=O)C=C(OCc2ccc3ccccc3c2)[C@@H]1Cc1ccccc1. The molecule has 32 heavy (non-hydrogen) atoms. The second-order valence-electron chi connectivity index (χ2n) is 8.91. The van der Waals surface area contributed by atoms with Gasteiger partial charge in [0.2, 0.25) is 0 Å². The molecule has 1 aliphatic rings. The van der Waals surface area contributed by atoms with Crippen LogP contribution in [0.25, 0.3) is 10.8 Å². The summed E-state index contributed by atoms with van der Waals surface area (Å²) in [6.45, 7) is 5.64. The Kier molecular flexibility index (Phi) is 5.99. The molecule has 0 aromatic heterocycles. The van der Waals surface area contributed by atoms with Gasteiger partial charge in [-0.1, -0.05) is 66.7 Å². The van der Waals surface area contributed by atoms with Crippen molar-refractivity contribution in [3.8, 4) is 0 Å². The lowest BCUT2D eigenvalue weighted by Gasteiger charge is -2.28. The van der Waals surface area contributed by atoms with Crippen LogP contribution in [0.1, 0.15) is 31.9 Å². The number of fused-ring (bicyclic) bond motifs is 1. The molecule has 0 fully saturated rings. The average Bonchev–Trinajstić information content (AvgIpc) is 3.06. The van der Waals surface area contributed by atoms with Gasteiger partial charge in [-0.2, -0.15) is 0 Å². The molecule has 164 valence electrons. The molecule has 5 nitrogen and oxygen atoms in total. The normalized spacial score (nSPS) is 16.2. The molecule has 3 aromatic rings. The van der Waals surface area contributed by atoms with Crippen molar-refractivity contribution in [3.05, 3.63) is 95.8 Å². The van der Waals surface area contributed by atoms with Gasteiger partial charge in [0.1, 0.15) is 24.0 Å². The largest absolute Gasteiger partial charge is 0.491 e. The highest BCUT2D eigenvalue weighted by molar-refractivity contribution is 6.02. The van der Waals surface area contributed by atoms with E-state index >= 15 is 0 Å². The Morgan fingerprint density at radius 1 is 0.906 bits per heavy atom. The lowest BCUT2D eigenvalue weighted by atomic mass is 10.0. The molecule has 1 heterocycles. The van der Waals surface area contributed by atoms with E-state index in [0.29, 0.717) is 18.8 Å². The van der Waals surface area contributed by atoms with Crippen LogP contribution in [0.5, 0.6) is 0 Å². The number of benzene rings is 3. The zero-order chi connectivity index (χ0) is 22.7. The molecule has 1 atom stereocenters. The molecule has 0 bridgehead atoms. The van der Waals surface area contributed by atoms with Crippen molar-refractivity contribution in [1.82, 2.24) is 4.90 Å². The second-order valence-corrected chi connectivity index (χ2v) is 8.91. The lowest BCUT2D eigenvalue weighted by molar-refractivity contribution is -0.125.